The highest BCUT2D eigenvalue weighted by molar-refractivity contribution is 6.01. The Bertz CT molecular complexity index is 407. The maximum atomic E-state index is 12.9. The van der Waals surface area contributed by atoms with Crippen molar-refractivity contribution in [2.75, 3.05) is 6.54 Å². The summed E-state index contributed by atoms with van der Waals surface area (Å²) in [7, 11) is 0. The highest BCUT2D eigenvalue weighted by atomic mass is 16.2. The first-order chi connectivity index (χ1) is 9.87. The molecule has 21 heavy (non-hydrogen) atoms. The lowest BCUT2D eigenvalue weighted by atomic mass is 9.75. The quantitative estimate of drug-likeness (QED) is 0.866. The van der Waals surface area contributed by atoms with Crippen molar-refractivity contribution in [1.29, 1.82) is 0 Å². The van der Waals surface area contributed by atoms with Gasteiger partial charge in [0.2, 0.25) is 11.8 Å². The minimum absolute atomic E-state index is 0.0674. The Morgan fingerprint density at radius 3 is 2.19 bits per heavy atom. The van der Waals surface area contributed by atoms with E-state index in [-0.39, 0.29) is 11.8 Å². The van der Waals surface area contributed by atoms with Gasteiger partial charge in [-0.15, -0.1) is 0 Å². The number of amides is 2. The van der Waals surface area contributed by atoms with E-state index in [1.54, 1.807) is 0 Å². The molecule has 1 aliphatic carbocycles. The van der Waals surface area contributed by atoms with Crippen LogP contribution in [-0.4, -0.2) is 34.3 Å². The van der Waals surface area contributed by atoms with Crippen molar-refractivity contribution >= 4 is 11.8 Å². The molecule has 2 fully saturated rings. The molecule has 1 aliphatic heterocycles. The summed E-state index contributed by atoms with van der Waals surface area (Å²) in [6, 6.07) is 0. The highest BCUT2D eigenvalue weighted by Crippen LogP contribution is 2.39. The molecule has 120 valence electrons. The van der Waals surface area contributed by atoms with Crippen LogP contribution < -0.4 is 5.32 Å². The Hall–Kier alpha value is -1.06. The molecule has 1 N–H and O–H groups in total. The number of hydrogen-bond donors (Lipinski definition) is 1. The van der Waals surface area contributed by atoms with Crippen LogP contribution in [0.2, 0.25) is 0 Å². The minimum Gasteiger partial charge on any atom is -0.340 e. The van der Waals surface area contributed by atoms with Crippen LogP contribution in [0.1, 0.15) is 72.6 Å². The van der Waals surface area contributed by atoms with Gasteiger partial charge in [-0.05, 0) is 32.6 Å². The predicted octanol–water partition coefficient (Wildman–Crippen LogP) is 2.86. The van der Waals surface area contributed by atoms with Crippen LogP contribution in [0, 0.1) is 5.92 Å². The third-order valence-electron chi connectivity index (χ3n) is 5.42. The molecule has 4 heteroatoms. The van der Waals surface area contributed by atoms with Gasteiger partial charge in [-0.1, -0.05) is 46.0 Å². The Morgan fingerprint density at radius 2 is 1.67 bits per heavy atom. The van der Waals surface area contributed by atoms with E-state index in [2.05, 4.69) is 19.2 Å². The monoisotopic (exact) mass is 294 g/mol. The summed E-state index contributed by atoms with van der Waals surface area (Å²) in [4.78, 5) is 27.7. The van der Waals surface area contributed by atoms with Gasteiger partial charge in [0.1, 0.15) is 11.1 Å². The topological polar surface area (TPSA) is 49.4 Å². The molecular weight excluding hydrogens is 264 g/mol. The van der Waals surface area contributed by atoms with Crippen LogP contribution in [-0.2, 0) is 9.59 Å². The smallest absolute Gasteiger partial charge is 0.248 e. The van der Waals surface area contributed by atoms with Gasteiger partial charge >= 0.3 is 0 Å². The molecular formula is C17H30N2O2. The fourth-order valence-electron chi connectivity index (χ4n) is 3.80. The molecule has 2 amide bonds. The molecule has 1 heterocycles. The van der Waals surface area contributed by atoms with E-state index in [1.807, 2.05) is 18.7 Å². The van der Waals surface area contributed by atoms with E-state index in [9.17, 15) is 9.59 Å². The predicted molar refractivity (Wildman–Crippen MR) is 83.8 cm³/mol. The van der Waals surface area contributed by atoms with E-state index < -0.39 is 11.1 Å². The number of nitrogens with one attached hydrogen (secondary N) is 1. The number of carbonyl (C=O) groups is 2. The molecule has 0 unspecified atom stereocenters. The molecule has 0 aromatic heterocycles. The average molecular weight is 294 g/mol. The van der Waals surface area contributed by atoms with Crippen molar-refractivity contribution in [3.8, 4) is 0 Å². The number of hydrogen-bond acceptors (Lipinski definition) is 2. The van der Waals surface area contributed by atoms with E-state index >= 15 is 0 Å². The fraction of sp³-hybridized carbons (Fsp3) is 0.882. The molecule has 0 radical (unpaired) electrons. The maximum absolute atomic E-state index is 12.9. The van der Waals surface area contributed by atoms with Gasteiger partial charge in [-0.2, -0.15) is 0 Å². The molecule has 0 aromatic carbocycles. The van der Waals surface area contributed by atoms with Gasteiger partial charge < -0.3 is 10.2 Å². The lowest BCUT2D eigenvalue weighted by Gasteiger charge is -2.53. The first kappa shape index (κ1) is 16.3. The Morgan fingerprint density at radius 1 is 1.10 bits per heavy atom. The van der Waals surface area contributed by atoms with Crippen molar-refractivity contribution in [3.05, 3.63) is 0 Å². The molecule has 1 spiro atoms. The van der Waals surface area contributed by atoms with Crippen LogP contribution in [0.15, 0.2) is 0 Å². The number of nitrogens with zero attached hydrogens (tertiary/aromatic N) is 1. The molecule has 0 atom stereocenters. The molecule has 1 saturated carbocycles. The molecule has 0 aromatic rings. The van der Waals surface area contributed by atoms with E-state index in [4.69, 9.17) is 0 Å². The summed E-state index contributed by atoms with van der Waals surface area (Å²) >= 11 is 0. The summed E-state index contributed by atoms with van der Waals surface area (Å²) in [5.41, 5.74) is -1.35. The summed E-state index contributed by atoms with van der Waals surface area (Å²) in [6.45, 7) is 8.71. The van der Waals surface area contributed by atoms with Gasteiger partial charge in [-0.3, -0.25) is 9.59 Å². The van der Waals surface area contributed by atoms with Gasteiger partial charge in [0.05, 0.1) is 0 Å². The Balaban J connectivity index is 2.35. The second-order valence-electron chi connectivity index (χ2n) is 7.27. The second-order valence-corrected chi connectivity index (χ2v) is 7.27. The molecule has 0 bridgehead atoms. The van der Waals surface area contributed by atoms with Crippen LogP contribution in [0.5, 0.6) is 0 Å². The largest absolute Gasteiger partial charge is 0.340 e. The SMILES string of the molecule is CCC(CC)CN1C(=O)C(C)(C)NC(=O)C12CCCCC2. The third-order valence-corrected chi connectivity index (χ3v) is 5.42. The maximum Gasteiger partial charge on any atom is 0.248 e. The fourth-order valence-corrected chi connectivity index (χ4v) is 3.80. The molecule has 2 rings (SSSR count). The second kappa shape index (κ2) is 5.98. The van der Waals surface area contributed by atoms with Crippen molar-refractivity contribution in [1.82, 2.24) is 10.2 Å². The normalized spacial score (nSPS) is 24.5. The van der Waals surface area contributed by atoms with Crippen molar-refractivity contribution < 1.29 is 9.59 Å². The van der Waals surface area contributed by atoms with Gasteiger partial charge in [0.15, 0.2) is 0 Å². The Kier molecular flexibility index (Phi) is 4.64. The van der Waals surface area contributed by atoms with Crippen molar-refractivity contribution in [2.45, 2.75) is 83.7 Å². The summed E-state index contributed by atoms with van der Waals surface area (Å²) < 4.78 is 0. The lowest BCUT2D eigenvalue weighted by Crippen LogP contribution is -2.75. The molecule has 1 saturated heterocycles. The van der Waals surface area contributed by atoms with E-state index in [0.29, 0.717) is 5.92 Å². The first-order valence-corrected chi connectivity index (χ1v) is 8.52. The van der Waals surface area contributed by atoms with Crippen LogP contribution in [0.25, 0.3) is 0 Å². The number of carbonyl (C=O) groups excluding carboxylic acids is 2. The number of piperazine rings is 1. The van der Waals surface area contributed by atoms with E-state index in [0.717, 1.165) is 45.1 Å². The third kappa shape index (κ3) is 2.82. The zero-order valence-corrected chi connectivity index (χ0v) is 14.0. The average Bonchev–Trinajstić information content (AvgIpc) is 2.47. The molecule has 4 nitrogen and oxygen atoms in total. The molecule has 2 aliphatic rings. The highest BCUT2D eigenvalue weighted by Gasteiger charge is 2.55. The van der Waals surface area contributed by atoms with Crippen LogP contribution >= 0.6 is 0 Å². The van der Waals surface area contributed by atoms with Crippen molar-refractivity contribution in [2.24, 2.45) is 5.92 Å². The minimum atomic E-state index is -0.772. The summed E-state index contributed by atoms with van der Waals surface area (Å²) in [6.07, 6.45) is 7.00. The zero-order valence-electron chi connectivity index (χ0n) is 14.0. The van der Waals surface area contributed by atoms with Gasteiger partial charge in [-0.25, -0.2) is 0 Å². The van der Waals surface area contributed by atoms with Crippen LogP contribution in [0.4, 0.5) is 0 Å². The lowest BCUT2D eigenvalue weighted by molar-refractivity contribution is -0.165. The summed E-state index contributed by atoms with van der Waals surface area (Å²) in [5.74, 6) is 0.642. The van der Waals surface area contributed by atoms with Crippen molar-refractivity contribution in [3.63, 3.8) is 0 Å². The standard InChI is InChI=1S/C17H30N2O2/c1-5-13(6-2)12-19-15(21)16(3,4)18-14(20)17(19)10-8-7-9-11-17/h13H,5-12H2,1-4H3,(H,18,20). The van der Waals surface area contributed by atoms with Gasteiger partial charge in [0, 0.05) is 6.54 Å². The summed E-state index contributed by atoms with van der Waals surface area (Å²) in [5, 5.41) is 2.98. The van der Waals surface area contributed by atoms with E-state index in [1.165, 1.54) is 6.42 Å². The van der Waals surface area contributed by atoms with Gasteiger partial charge in [0.25, 0.3) is 0 Å². The zero-order chi connectivity index (χ0) is 15.7. The van der Waals surface area contributed by atoms with Crippen LogP contribution in [0.3, 0.4) is 0 Å². The Labute approximate surface area is 128 Å². The first-order valence-electron chi connectivity index (χ1n) is 8.52. The number of rotatable bonds is 4.